The van der Waals surface area contributed by atoms with Crippen LogP contribution in [-0.2, 0) is 27.5 Å². The van der Waals surface area contributed by atoms with Crippen LogP contribution >= 0.6 is 0 Å². The Morgan fingerprint density at radius 1 is 0.912 bits per heavy atom. The Morgan fingerprint density at radius 2 is 1.66 bits per heavy atom. The van der Waals surface area contributed by atoms with E-state index in [2.05, 4.69) is 12.7 Å². The molecule has 3 aliphatic carbocycles. The standard InChI is InChI=1S/C53H57N3O12/c1-2-24-65-53-49(55(52(60)37-15-16-37)30-35-14-20-47-48(26-35)64-33-63-47)29-45(54-66-32-34-12-17-39(18-13-34)56(61)62)43-27-38(9-3-5-22-57)42(11-4-6-23-58)50(51(43)53)44-28-41(19-21-46(44)68-53)67-40-10-7-8-36(25-40)31-59/h2,7-8,10,12-14,17-21,25-28,31,37-38,42,49-51,57-58H,1,3-6,9,11,15-16,22-24,29-30,32-33H2/t38-,42+,49-,50+,51+,53+/m0/s1. The van der Waals surface area contributed by atoms with E-state index in [9.17, 15) is 25.1 Å². The number of oxime groups is 1. The summed E-state index contributed by atoms with van der Waals surface area (Å²) in [6.07, 6.45) is 10.7. The van der Waals surface area contributed by atoms with Crippen molar-refractivity contribution >= 4 is 23.6 Å². The van der Waals surface area contributed by atoms with Gasteiger partial charge in [0.1, 0.15) is 36.2 Å². The first-order valence-corrected chi connectivity index (χ1v) is 23.6. The average Bonchev–Trinajstić information content (AvgIpc) is 4.10. The largest absolute Gasteiger partial charge is 0.459 e. The molecule has 0 unspecified atom stereocenters. The maximum atomic E-state index is 15.0. The van der Waals surface area contributed by atoms with Crippen LogP contribution in [0.25, 0.3) is 0 Å². The minimum atomic E-state index is -1.48. The summed E-state index contributed by atoms with van der Waals surface area (Å²) in [7, 11) is 0. The normalized spacial score (nSPS) is 23.6. The lowest BCUT2D eigenvalue weighted by atomic mass is 9.55. The number of hydrogen-bond acceptors (Lipinski definition) is 13. The monoisotopic (exact) mass is 927 g/mol. The lowest BCUT2D eigenvalue weighted by Crippen LogP contribution is -2.70. The number of carbonyl (C=O) groups excluding carboxylic acids is 2. The molecule has 2 N–H and O–H groups in total. The van der Waals surface area contributed by atoms with Crippen molar-refractivity contribution in [3.63, 3.8) is 0 Å². The van der Waals surface area contributed by atoms with Crippen molar-refractivity contribution < 1.29 is 53.2 Å². The molecule has 0 spiro atoms. The Labute approximate surface area is 395 Å². The number of amides is 1. The van der Waals surface area contributed by atoms with Gasteiger partial charge in [-0.3, -0.25) is 19.7 Å². The average molecular weight is 928 g/mol. The van der Waals surface area contributed by atoms with Gasteiger partial charge in [-0.2, -0.15) is 0 Å². The van der Waals surface area contributed by atoms with Crippen LogP contribution in [0.3, 0.4) is 0 Å². The predicted molar refractivity (Wildman–Crippen MR) is 251 cm³/mol. The second-order valence-electron chi connectivity index (χ2n) is 18.2. The number of nitro groups is 1. The summed E-state index contributed by atoms with van der Waals surface area (Å²) in [4.78, 5) is 45.9. The summed E-state index contributed by atoms with van der Waals surface area (Å²) in [5, 5.41) is 36.4. The highest BCUT2D eigenvalue weighted by Gasteiger charge is 2.66. The van der Waals surface area contributed by atoms with Crippen LogP contribution < -0.4 is 18.9 Å². The highest BCUT2D eigenvalue weighted by atomic mass is 16.7. The van der Waals surface area contributed by atoms with Gasteiger partial charge in [0.25, 0.3) is 5.69 Å². The number of aldehydes is 1. The smallest absolute Gasteiger partial charge is 0.269 e. The molecule has 9 rings (SSSR count). The Morgan fingerprint density at radius 3 is 2.41 bits per heavy atom. The van der Waals surface area contributed by atoms with Gasteiger partial charge < -0.3 is 43.6 Å². The molecular weight excluding hydrogens is 871 g/mol. The number of benzene rings is 4. The maximum Gasteiger partial charge on any atom is 0.269 e. The van der Waals surface area contributed by atoms with Crippen LogP contribution in [0, 0.1) is 33.8 Å². The Bertz CT molecular complexity index is 2560. The van der Waals surface area contributed by atoms with Crippen molar-refractivity contribution in [3.8, 4) is 28.7 Å². The molecule has 68 heavy (non-hydrogen) atoms. The molecule has 15 nitrogen and oxygen atoms in total. The van der Waals surface area contributed by atoms with Crippen molar-refractivity contribution in [2.45, 2.75) is 88.7 Å². The molecule has 0 radical (unpaired) electrons. The number of nitrogens with zero attached hydrogens (tertiary/aromatic N) is 3. The molecule has 2 heterocycles. The fourth-order valence-electron chi connectivity index (χ4n) is 10.5. The Balaban J connectivity index is 1.22. The van der Waals surface area contributed by atoms with Gasteiger partial charge in [-0.15, -0.1) is 6.58 Å². The Kier molecular flexibility index (Phi) is 14.2. The second-order valence-corrected chi connectivity index (χ2v) is 18.2. The van der Waals surface area contributed by atoms with E-state index in [1.807, 2.05) is 41.3 Å². The first kappa shape index (κ1) is 46.6. The third-order valence-electron chi connectivity index (χ3n) is 13.8. The molecule has 2 fully saturated rings. The summed E-state index contributed by atoms with van der Waals surface area (Å²) >= 11 is 0. The number of fused-ring (bicyclic) bond motifs is 3. The number of carbonyl (C=O) groups is 2. The van der Waals surface area contributed by atoms with Gasteiger partial charge in [-0.05, 0) is 122 Å². The molecule has 15 heteroatoms. The lowest BCUT2D eigenvalue weighted by Gasteiger charge is -2.60. The minimum Gasteiger partial charge on any atom is -0.459 e. The van der Waals surface area contributed by atoms with Crippen molar-refractivity contribution in [2.24, 2.45) is 28.8 Å². The molecule has 1 amide bonds. The summed E-state index contributed by atoms with van der Waals surface area (Å²) in [6.45, 7) is 4.60. The highest BCUT2D eigenvalue weighted by molar-refractivity contribution is 6.03. The quantitative estimate of drug-likeness (QED) is 0.0250. The third kappa shape index (κ3) is 9.73. The maximum absolute atomic E-state index is 15.0. The number of aliphatic hydroxyl groups is 2. The zero-order chi connectivity index (χ0) is 47.2. The molecule has 0 aromatic heterocycles. The number of non-ortho nitro benzene ring substituents is 1. The van der Waals surface area contributed by atoms with Gasteiger partial charge in [0.2, 0.25) is 18.5 Å². The summed E-state index contributed by atoms with van der Waals surface area (Å²) in [6, 6.07) is 23.8. The van der Waals surface area contributed by atoms with Crippen molar-refractivity contribution in [1.29, 1.82) is 0 Å². The third-order valence-corrected chi connectivity index (χ3v) is 13.8. The number of ether oxygens (including phenoxy) is 5. The van der Waals surface area contributed by atoms with Crippen molar-refractivity contribution in [3.05, 3.63) is 142 Å². The minimum absolute atomic E-state index is 0.0114. The van der Waals surface area contributed by atoms with E-state index in [0.717, 1.165) is 61.5 Å². The molecule has 5 aliphatic rings. The van der Waals surface area contributed by atoms with E-state index >= 15 is 4.79 Å². The summed E-state index contributed by atoms with van der Waals surface area (Å²) in [5.74, 6) is 0.224. The van der Waals surface area contributed by atoms with Crippen molar-refractivity contribution in [2.75, 3.05) is 26.6 Å². The van der Waals surface area contributed by atoms with Gasteiger partial charge in [0.05, 0.1) is 23.2 Å². The SMILES string of the molecule is C=CCO[C@@]12Oc3ccc(Oc4cccc(C=O)c4)cc3[C@H]3[C@H](CCCCO)[C@@H](CCCCO)C=C(C(=NOCc4ccc([N+](=O)[O-])cc4)C[C@@H]1N(Cc1ccc4c(c1)OCO4)C(=O)C1CC1)[C@H]32. The van der Waals surface area contributed by atoms with Crippen LogP contribution in [-0.4, -0.2) is 76.4 Å². The summed E-state index contributed by atoms with van der Waals surface area (Å²) in [5.41, 5.74) is 4.33. The van der Waals surface area contributed by atoms with Crippen LogP contribution in [0.5, 0.6) is 28.7 Å². The van der Waals surface area contributed by atoms with E-state index in [1.54, 1.807) is 42.5 Å². The molecule has 2 saturated carbocycles. The van der Waals surface area contributed by atoms with Crippen LogP contribution in [0.4, 0.5) is 5.69 Å². The van der Waals surface area contributed by atoms with Crippen LogP contribution in [0.2, 0.25) is 0 Å². The Hall–Kier alpha value is -6.55. The molecular formula is C53H57N3O12. The number of aliphatic hydroxyl groups excluding tert-OH is 2. The number of nitro benzene ring substituents is 1. The number of unbranched alkanes of at least 4 members (excludes halogenated alkanes) is 2. The van der Waals surface area contributed by atoms with E-state index in [-0.39, 0.29) is 81.5 Å². The van der Waals surface area contributed by atoms with E-state index in [4.69, 9.17) is 33.7 Å². The lowest BCUT2D eigenvalue weighted by molar-refractivity contribution is -0.384. The zero-order valence-corrected chi connectivity index (χ0v) is 37.9. The van der Waals surface area contributed by atoms with E-state index < -0.39 is 22.7 Å². The second kappa shape index (κ2) is 20.8. The molecule has 6 atom stereocenters. The predicted octanol–water partition coefficient (Wildman–Crippen LogP) is 9.20. The van der Waals surface area contributed by atoms with Gasteiger partial charge in [-0.1, -0.05) is 48.3 Å². The fourth-order valence-corrected chi connectivity index (χ4v) is 10.5. The van der Waals surface area contributed by atoms with Gasteiger partial charge >= 0.3 is 0 Å². The van der Waals surface area contributed by atoms with E-state index in [0.29, 0.717) is 58.4 Å². The molecule has 0 saturated heterocycles. The molecule has 0 bridgehead atoms. The number of rotatable bonds is 22. The van der Waals surface area contributed by atoms with Crippen LogP contribution in [0.1, 0.15) is 90.8 Å². The first-order valence-electron chi connectivity index (χ1n) is 23.6. The van der Waals surface area contributed by atoms with Crippen LogP contribution in [0.15, 0.2) is 114 Å². The molecule has 2 aliphatic heterocycles. The molecule has 4 aromatic rings. The number of hydrogen-bond donors (Lipinski definition) is 2. The van der Waals surface area contributed by atoms with Gasteiger partial charge in [0, 0.05) is 61.3 Å². The topological polar surface area (TPSA) is 189 Å². The fraction of sp³-hybridized carbons (Fsp3) is 0.415. The molecule has 356 valence electrons. The first-order chi connectivity index (χ1) is 33.2. The highest BCUT2D eigenvalue weighted by Crippen LogP contribution is 2.62. The van der Waals surface area contributed by atoms with Crippen molar-refractivity contribution in [1.82, 2.24) is 4.90 Å². The molecule has 4 aromatic carbocycles. The summed E-state index contributed by atoms with van der Waals surface area (Å²) < 4.78 is 32.5. The zero-order valence-electron chi connectivity index (χ0n) is 37.9. The van der Waals surface area contributed by atoms with Gasteiger partial charge in [0.15, 0.2) is 11.5 Å². The number of allylic oxidation sites excluding steroid dienone is 1. The van der Waals surface area contributed by atoms with E-state index in [1.165, 1.54) is 12.1 Å². The van der Waals surface area contributed by atoms with Gasteiger partial charge in [-0.25, -0.2) is 0 Å².